The average Bonchev–Trinajstić information content (AvgIpc) is 2.75. The molecule has 1 fully saturated rings. The van der Waals surface area contributed by atoms with Crippen molar-refractivity contribution >= 4 is 11.5 Å². The highest BCUT2D eigenvalue weighted by Gasteiger charge is 2.33. The fraction of sp³-hybridized carbons (Fsp3) is 0.407. The minimum Gasteiger partial charge on any atom is -0.490 e. The lowest BCUT2D eigenvalue weighted by Crippen LogP contribution is -2.50. The number of nitrogens with zero attached hydrogens (tertiary/aromatic N) is 2. The Bertz CT molecular complexity index is 1120. The van der Waals surface area contributed by atoms with Gasteiger partial charge in [0.15, 0.2) is 0 Å². The summed E-state index contributed by atoms with van der Waals surface area (Å²) in [4.78, 5) is 13.3. The van der Waals surface area contributed by atoms with E-state index in [-0.39, 0.29) is 12.0 Å². The monoisotopic (exact) mass is 446 g/mol. The van der Waals surface area contributed by atoms with Crippen molar-refractivity contribution in [2.45, 2.75) is 46.3 Å². The van der Waals surface area contributed by atoms with Crippen LogP contribution in [0.15, 0.2) is 42.0 Å². The smallest absolute Gasteiger partial charge is 0.309 e. The second-order valence-corrected chi connectivity index (χ2v) is 9.17. The average molecular weight is 447 g/mol. The van der Waals surface area contributed by atoms with Crippen LogP contribution in [0, 0.1) is 17.2 Å². The molecule has 1 aliphatic heterocycles. The van der Waals surface area contributed by atoms with Crippen molar-refractivity contribution in [3.05, 3.63) is 64.2 Å². The fourth-order valence-corrected chi connectivity index (χ4v) is 4.50. The fourth-order valence-electron chi connectivity index (χ4n) is 4.50. The van der Waals surface area contributed by atoms with Gasteiger partial charge in [-0.05, 0) is 80.1 Å². The number of hydrogen-bond donors (Lipinski definition) is 1. The van der Waals surface area contributed by atoms with Crippen molar-refractivity contribution in [3.8, 4) is 17.6 Å². The molecule has 2 aliphatic rings. The number of ether oxygens (including phenoxy) is 2. The van der Waals surface area contributed by atoms with Crippen LogP contribution in [-0.4, -0.2) is 41.7 Å². The Morgan fingerprint density at radius 3 is 2.70 bits per heavy atom. The van der Waals surface area contributed by atoms with Crippen molar-refractivity contribution in [3.63, 3.8) is 0 Å². The maximum atomic E-state index is 11.0. The molecule has 1 heterocycles. The van der Waals surface area contributed by atoms with E-state index in [0.717, 1.165) is 30.7 Å². The number of aryl methyl sites for hydroxylation is 1. The van der Waals surface area contributed by atoms with E-state index in [2.05, 4.69) is 30.0 Å². The molecule has 0 aromatic heterocycles. The van der Waals surface area contributed by atoms with Gasteiger partial charge in [0.2, 0.25) is 0 Å². The number of allylic oxidation sites excluding steroid dienone is 1. The predicted octanol–water partition coefficient (Wildman–Crippen LogP) is 4.66. The van der Waals surface area contributed by atoms with Crippen LogP contribution in [-0.2, 0) is 17.8 Å². The van der Waals surface area contributed by atoms with Gasteiger partial charge in [-0.25, -0.2) is 0 Å². The summed E-state index contributed by atoms with van der Waals surface area (Å²) < 4.78 is 11.7. The second-order valence-electron chi connectivity index (χ2n) is 9.17. The zero-order valence-electron chi connectivity index (χ0n) is 19.4. The number of carboxylic acids is 1. The summed E-state index contributed by atoms with van der Waals surface area (Å²) in [6.45, 7) is 8.56. The first-order valence-corrected chi connectivity index (χ1v) is 11.4. The quantitative estimate of drug-likeness (QED) is 0.635. The Hall–Kier alpha value is -3.30. The normalized spacial score (nSPS) is 16.2. The highest BCUT2D eigenvalue weighted by Crippen LogP contribution is 2.35. The molecule has 6 heteroatoms. The largest absolute Gasteiger partial charge is 0.490 e. The molecule has 0 amide bonds. The molecule has 0 atom stereocenters. The van der Waals surface area contributed by atoms with Crippen LogP contribution in [0.25, 0.3) is 5.57 Å². The summed E-state index contributed by atoms with van der Waals surface area (Å²) in [6.07, 6.45) is 1.95. The molecular weight excluding hydrogens is 416 g/mol. The van der Waals surface area contributed by atoms with Gasteiger partial charge in [-0.3, -0.25) is 9.69 Å². The lowest BCUT2D eigenvalue weighted by molar-refractivity contribution is -0.147. The summed E-state index contributed by atoms with van der Waals surface area (Å²) in [7, 11) is 0. The maximum Gasteiger partial charge on any atom is 0.309 e. The Balaban J connectivity index is 1.40. The minimum atomic E-state index is -0.692. The molecule has 0 radical (unpaired) electrons. The standard InChI is InChI=1S/C27H30N2O4/c1-17(2)33-26-9-4-19(10-22(26)12-28)16-32-24-7-8-25-18(3)21(6-5-20(25)11-24)13-29-14-23(15-29)27(30)31/h4,7-11,17,23H,5-6,13-16H2,1-3H3,(H,30,31). The van der Waals surface area contributed by atoms with E-state index in [1.54, 1.807) is 0 Å². The lowest BCUT2D eigenvalue weighted by Gasteiger charge is -2.38. The van der Waals surface area contributed by atoms with Crippen molar-refractivity contribution in [1.29, 1.82) is 5.26 Å². The van der Waals surface area contributed by atoms with Crippen LogP contribution in [0.4, 0.5) is 0 Å². The first kappa shape index (κ1) is 22.9. The Kier molecular flexibility index (Phi) is 6.71. The summed E-state index contributed by atoms with van der Waals surface area (Å²) in [5.74, 6) is 0.504. The van der Waals surface area contributed by atoms with E-state index in [1.807, 2.05) is 38.1 Å². The van der Waals surface area contributed by atoms with E-state index in [1.165, 1.54) is 22.3 Å². The summed E-state index contributed by atoms with van der Waals surface area (Å²) in [5.41, 5.74) is 6.65. The van der Waals surface area contributed by atoms with Gasteiger partial charge in [-0.1, -0.05) is 17.7 Å². The molecule has 4 rings (SSSR count). The van der Waals surface area contributed by atoms with E-state index >= 15 is 0 Å². The molecule has 172 valence electrons. The molecule has 1 N–H and O–H groups in total. The van der Waals surface area contributed by atoms with Gasteiger partial charge in [-0.2, -0.15) is 5.26 Å². The molecule has 33 heavy (non-hydrogen) atoms. The Labute approximate surface area is 195 Å². The summed E-state index contributed by atoms with van der Waals surface area (Å²) in [5, 5.41) is 18.5. The first-order valence-electron chi connectivity index (χ1n) is 11.4. The molecule has 0 bridgehead atoms. The SMILES string of the molecule is CC1=C(CN2CC(C(=O)O)C2)CCc2cc(OCc3ccc(OC(C)C)c(C#N)c3)ccc21. The number of carbonyl (C=O) groups is 1. The van der Waals surface area contributed by atoms with E-state index in [0.29, 0.717) is 31.0 Å². The number of benzene rings is 2. The molecule has 0 spiro atoms. The first-order chi connectivity index (χ1) is 15.8. The Morgan fingerprint density at radius 1 is 1.21 bits per heavy atom. The maximum absolute atomic E-state index is 11.0. The van der Waals surface area contributed by atoms with Crippen molar-refractivity contribution < 1.29 is 19.4 Å². The van der Waals surface area contributed by atoms with Crippen LogP contribution in [0.2, 0.25) is 0 Å². The summed E-state index contributed by atoms with van der Waals surface area (Å²) in [6, 6.07) is 14.0. The van der Waals surface area contributed by atoms with Gasteiger partial charge in [0, 0.05) is 19.6 Å². The highest BCUT2D eigenvalue weighted by molar-refractivity contribution is 5.73. The van der Waals surface area contributed by atoms with E-state index in [9.17, 15) is 10.1 Å². The summed E-state index contributed by atoms with van der Waals surface area (Å²) >= 11 is 0. The van der Waals surface area contributed by atoms with Crippen molar-refractivity contribution in [2.75, 3.05) is 19.6 Å². The molecule has 2 aromatic rings. The number of likely N-dealkylation sites (tertiary alicyclic amines) is 1. The topological polar surface area (TPSA) is 82.8 Å². The third kappa shape index (κ3) is 5.20. The highest BCUT2D eigenvalue weighted by atomic mass is 16.5. The van der Waals surface area contributed by atoms with Crippen LogP contribution < -0.4 is 9.47 Å². The zero-order chi connectivity index (χ0) is 23.5. The third-order valence-electron chi connectivity index (χ3n) is 6.36. The van der Waals surface area contributed by atoms with Crippen LogP contribution in [0.3, 0.4) is 0 Å². The third-order valence-corrected chi connectivity index (χ3v) is 6.36. The van der Waals surface area contributed by atoms with Gasteiger partial charge in [-0.15, -0.1) is 0 Å². The number of nitriles is 1. The number of hydrogen-bond acceptors (Lipinski definition) is 5. The number of rotatable bonds is 8. The lowest BCUT2D eigenvalue weighted by atomic mass is 9.85. The molecule has 1 aliphatic carbocycles. The molecular formula is C27H30N2O4. The second kappa shape index (κ2) is 9.68. The van der Waals surface area contributed by atoms with Gasteiger partial charge in [0.25, 0.3) is 0 Å². The van der Waals surface area contributed by atoms with Crippen molar-refractivity contribution in [1.82, 2.24) is 4.90 Å². The molecule has 1 saturated heterocycles. The van der Waals surface area contributed by atoms with Gasteiger partial charge < -0.3 is 14.6 Å². The van der Waals surface area contributed by atoms with Crippen molar-refractivity contribution in [2.24, 2.45) is 5.92 Å². The number of aliphatic carboxylic acids is 1. The molecule has 0 saturated carbocycles. The van der Waals surface area contributed by atoms with Crippen LogP contribution >= 0.6 is 0 Å². The number of carboxylic acid groups (broad SMARTS) is 1. The minimum absolute atomic E-state index is 0.0142. The molecule has 0 unspecified atom stereocenters. The van der Waals surface area contributed by atoms with Gasteiger partial charge in [0.05, 0.1) is 17.6 Å². The zero-order valence-corrected chi connectivity index (χ0v) is 19.4. The molecule has 2 aromatic carbocycles. The van der Waals surface area contributed by atoms with E-state index < -0.39 is 5.97 Å². The van der Waals surface area contributed by atoms with Crippen LogP contribution in [0.1, 0.15) is 49.4 Å². The van der Waals surface area contributed by atoms with Gasteiger partial charge >= 0.3 is 5.97 Å². The van der Waals surface area contributed by atoms with Crippen LogP contribution in [0.5, 0.6) is 11.5 Å². The molecule has 6 nitrogen and oxygen atoms in total. The predicted molar refractivity (Wildman–Crippen MR) is 126 cm³/mol. The number of fused-ring (bicyclic) bond motifs is 1. The van der Waals surface area contributed by atoms with E-state index in [4.69, 9.17) is 14.6 Å². The van der Waals surface area contributed by atoms with Gasteiger partial charge in [0.1, 0.15) is 24.2 Å². The Morgan fingerprint density at radius 2 is 2.00 bits per heavy atom.